The van der Waals surface area contributed by atoms with Crippen LogP contribution < -0.4 is 0 Å². The molecule has 2 rings (SSSR count). The third kappa shape index (κ3) is 3.14. The van der Waals surface area contributed by atoms with Gasteiger partial charge in [-0.1, -0.05) is 40.2 Å². The zero-order chi connectivity index (χ0) is 16.8. The summed E-state index contributed by atoms with van der Waals surface area (Å²) >= 11 is 0. The summed E-state index contributed by atoms with van der Waals surface area (Å²) < 4.78 is 0. The standard InChI is InChI=1S/C20H36O2/c1-7-19(5,22)12-9-15-14(2)16(21)13-17-18(3,4)10-8-11-20(15,17)6/h7,14-17,21-22H,1,8-13H2,2-6H3. The summed E-state index contributed by atoms with van der Waals surface area (Å²) in [5, 5.41) is 20.9. The van der Waals surface area contributed by atoms with Crippen LogP contribution in [0.15, 0.2) is 12.7 Å². The number of rotatable bonds is 4. The SMILES string of the molecule is C=CC(C)(O)CCC1C(C)C(O)CC2C(C)(C)CCCC12C. The summed E-state index contributed by atoms with van der Waals surface area (Å²) in [5.41, 5.74) is -0.191. The van der Waals surface area contributed by atoms with Gasteiger partial charge in [0.2, 0.25) is 0 Å². The lowest BCUT2D eigenvalue weighted by atomic mass is 9.45. The zero-order valence-electron chi connectivity index (χ0n) is 15.2. The molecule has 2 N–H and O–H groups in total. The molecule has 2 nitrogen and oxygen atoms in total. The number of aliphatic hydroxyl groups excluding tert-OH is 1. The lowest BCUT2D eigenvalue weighted by Crippen LogP contribution is -2.55. The van der Waals surface area contributed by atoms with Crippen LogP contribution >= 0.6 is 0 Å². The van der Waals surface area contributed by atoms with E-state index in [0.29, 0.717) is 23.2 Å². The van der Waals surface area contributed by atoms with Crippen molar-refractivity contribution in [3.8, 4) is 0 Å². The van der Waals surface area contributed by atoms with E-state index in [9.17, 15) is 10.2 Å². The third-order valence-corrected chi connectivity index (χ3v) is 7.24. The van der Waals surface area contributed by atoms with E-state index in [1.807, 2.05) is 6.92 Å². The van der Waals surface area contributed by atoms with E-state index < -0.39 is 5.60 Å². The van der Waals surface area contributed by atoms with E-state index in [1.165, 1.54) is 19.3 Å². The van der Waals surface area contributed by atoms with Crippen molar-refractivity contribution in [3.63, 3.8) is 0 Å². The molecule has 2 fully saturated rings. The van der Waals surface area contributed by atoms with Crippen LogP contribution in [0.1, 0.15) is 73.1 Å². The van der Waals surface area contributed by atoms with Crippen molar-refractivity contribution in [1.29, 1.82) is 0 Å². The molecule has 128 valence electrons. The zero-order valence-corrected chi connectivity index (χ0v) is 15.2. The molecule has 2 aliphatic rings. The number of hydrogen-bond donors (Lipinski definition) is 2. The smallest absolute Gasteiger partial charge is 0.0797 e. The van der Waals surface area contributed by atoms with Gasteiger partial charge in [-0.3, -0.25) is 0 Å². The summed E-state index contributed by atoms with van der Waals surface area (Å²) in [6.45, 7) is 15.0. The molecule has 22 heavy (non-hydrogen) atoms. The summed E-state index contributed by atoms with van der Waals surface area (Å²) in [6, 6.07) is 0. The highest BCUT2D eigenvalue weighted by molar-refractivity contribution is 5.05. The van der Waals surface area contributed by atoms with Crippen LogP contribution in [0.4, 0.5) is 0 Å². The lowest BCUT2D eigenvalue weighted by molar-refractivity contribution is -0.144. The second kappa shape index (κ2) is 5.94. The van der Waals surface area contributed by atoms with Gasteiger partial charge >= 0.3 is 0 Å². The van der Waals surface area contributed by atoms with Crippen molar-refractivity contribution in [2.24, 2.45) is 28.6 Å². The largest absolute Gasteiger partial charge is 0.393 e. The van der Waals surface area contributed by atoms with Crippen LogP contribution in [0, 0.1) is 28.6 Å². The number of aliphatic hydroxyl groups is 2. The van der Waals surface area contributed by atoms with E-state index >= 15 is 0 Å². The molecule has 0 amide bonds. The van der Waals surface area contributed by atoms with Gasteiger partial charge < -0.3 is 10.2 Å². The quantitative estimate of drug-likeness (QED) is 0.748. The molecule has 0 bridgehead atoms. The molecule has 0 saturated heterocycles. The Labute approximate surface area is 137 Å². The Kier molecular flexibility index (Phi) is 4.86. The fraction of sp³-hybridized carbons (Fsp3) is 0.900. The Hall–Kier alpha value is -0.340. The first-order chi connectivity index (χ1) is 10.0. The van der Waals surface area contributed by atoms with Crippen molar-refractivity contribution in [1.82, 2.24) is 0 Å². The molecule has 0 spiro atoms. The van der Waals surface area contributed by atoms with E-state index in [1.54, 1.807) is 6.08 Å². The monoisotopic (exact) mass is 308 g/mol. The van der Waals surface area contributed by atoms with Gasteiger partial charge in [-0.05, 0) is 67.6 Å². The summed E-state index contributed by atoms with van der Waals surface area (Å²) in [5.74, 6) is 1.38. The minimum Gasteiger partial charge on any atom is -0.393 e. The number of fused-ring (bicyclic) bond motifs is 1. The summed E-state index contributed by atoms with van der Waals surface area (Å²) in [4.78, 5) is 0. The number of hydrogen-bond acceptors (Lipinski definition) is 2. The molecule has 0 aromatic carbocycles. The highest BCUT2D eigenvalue weighted by atomic mass is 16.3. The van der Waals surface area contributed by atoms with Gasteiger partial charge in [0.25, 0.3) is 0 Å². The Morgan fingerprint density at radius 3 is 2.50 bits per heavy atom. The Morgan fingerprint density at radius 2 is 1.91 bits per heavy atom. The van der Waals surface area contributed by atoms with Crippen molar-refractivity contribution in [3.05, 3.63) is 12.7 Å². The fourth-order valence-electron chi connectivity index (χ4n) is 5.67. The molecule has 0 heterocycles. The van der Waals surface area contributed by atoms with Gasteiger partial charge in [-0.15, -0.1) is 6.58 Å². The lowest BCUT2D eigenvalue weighted by Gasteiger charge is -2.60. The minimum atomic E-state index is -0.793. The van der Waals surface area contributed by atoms with Crippen molar-refractivity contribution < 1.29 is 10.2 Å². The van der Waals surface area contributed by atoms with Crippen LogP contribution in [-0.2, 0) is 0 Å². The van der Waals surface area contributed by atoms with Crippen LogP contribution in [-0.4, -0.2) is 21.9 Å². The van der Waals surface area contributed by atoms with Crippen molar-refractivity contribution >= 4 is 0 Å². The maximum Gasteiger partial charge on any atom is 0.0797 e. The maximum atomic E-state index is 10.6. The average molecular weight is 309 g/mol. The van der Waals surface area contributed by atoms with Gasteiger partial charge in [0.1, 0.15) is 0 Å². The Balaban J connectivity index is 2.26. The van der Waals surface area contributed by atoms with E-state index in [4.69, 9.17) is 0 Å². The van der Waals surface area contributed by atoms with Gasteiger partial charge in [-0.2, -0.15) is 0 Å². The molecular weight excluding hydrogens is 272 g/mol. The predicted octanol–water partition coefficient (Wildman–Crippen LogP) is 4.55. The third-order valence-electron chi connectivity index (χ3n) is 7.24. The molecule has 2 saturated carbocycles. The van der Waals surface area contributed by atoms with Crippen molar-refractivity contribution in [2.45, 2.75) is 84.8 Å². The van der Waals surface area contributed by atoms with E-state index in [0.717, 1.165) is 19.3 Å². The fourth-order valence-corrected chi connectivity index (χ4v) is 5.67. The molecule has 0 aliphatic heterocycles. The first-order valence-corrected chi connectivity index (χ1v) is 9.07. The van der Waals surface area contributed by atoms with E-state index in [-0.39, 0.29) is 11.5 Å². The average Bonchev–Trinajstić information content (AvgIpc) is 2.41. The Bertz CT molecular complexity index is 412. The topological polar surface area (TPSA) is 40.5 Å². The highest BCUT2D eigenvalue weighted by Crippen LogP contribution is 2.62. The molecular formula is C20H36O2. The van der Waals surface area contributed by atoms with E-state index in [2.05, 4.69) is 34.3 Å². The normalized spacial score (nSPS) is 44.0. The van der Waals surface area contributed by atoms with Gasteiger partial charge in [0.15, 0.2) is 0 Å². The summed E-state index contributed by atoms with van der Waals surface area (Å²) in [6.07, 6.45) is 7.93. The predicted molar refractivity (Wildman–Crippen MR) is 92.6 cm³/mol. The first kappa shape index (κ1) is 18.0. The molecule has 0 radical (unpaired) electrons. The summed E-state index contributed by atoms with van der Waals surface area (Å²) in [7, 11) is 0. The maximum absolute atomic E-state index is 10.6. The van der Waals surface area contributed by atoms with Crippen LogP contribution in [0.5, 0.6) is 0 Å². The van der Waals surface area contributed by atoms with Crippen molar-refractivity contribution in [2.75, 3.05) is 0 Å². The molecule has 0 aromatic heterocycles. The second-order valence-corrected chi connectivity index (χ2v) is 9.27. The van der Waals surface area contributed by atoms with Gasteiger partial charge in [-0.25, -0.2) is 0 Å². The Morgan fingerprint density at radius 1 is 1.27 bits per heavy atom. The molecule has 0 aromatic rings. The van der Waals surface area contributed by atoms with Crippen LogP contribution in [0.3, 0.4) is 0 Å². The molecule has 6 unspecified atom stereocenters. The molecule has 6 atom stereocenters. The second-order valence-electron chi connectivity index (χ2n) is 9.27. The van der Waals surface area contributed by atoms with Gasteiger partial charge in [0, 0.05) is 0 Å². The van der Waals surface area contributed by atoms with Gasteiger partial charge in [0.05, 0.1) is 11.7 Å². The van der Waals surface area contributed by atoms with Crippen LogP contribution in [0.25, 0.3) is 0 Å². The molecule has 2 heteroatoms. The van der Waals surface area contributed by atoms with Crippen LogP contribution in [0.2, 0.25) is 0 Å². The molecule has 2 aliphatic carbocycles. The minimum absolute atomic E-state index is 0.200. The first-order valence-electron chi connectivity index (χ1n) is 9.07. The highest BCUT2D eigenvalue weighted by Gasteiger charge is 2.55.